The Labute approximate surface area is 207 Å². The molecule has 2 aromatic carbocycles. The summed E-state index contributed by atoms with van der Waals surface area (Å²) in [6.07, 6.45) is 3.48. The van der Waals surface area contributed by atoms with Crippen molar-refractivity contribution in [1.82, 2.24) is 14.8 Å². The lowest BCUT2D eigenvalue weighted by Gasteiger charge is -2.39. The highest BCUT2D eigenvalue weighted by Crippen LogP contribution is 2.32. The van der Waals surface area contributed by atoms with E-state index in [2.05, 4.69) is 42.0 Å². The van der Waals surface area contributed by atoms with Gasteiger partial charge in [0.25, 0.3) is 0 Å². The zero-order valence-corrected chi connectivity index (χ0v) is 20.7. The highest BCUT2D eigenvalue weighted by molar-refractivity contribution is 6.35. The van der Waals surface area contributed by atoms with Crippen molar-refractivity contribution in [3.05, 3.63) is 77.5 Å². The van der Waals surface area contributed by atoms with E-state index in [4.69, 9.17) is 28.1 Å². The quantitative estimate of drug-likeness (QED) is 0.397. The predicted octanol–water partition coefficient (Wildman–Crippen LogP) is 5.89. The number of nitrogen functional groups attached to an aromatic ring is 1. The fourth-order valence-electron chi connectivity index (χ4n) is 4.47. The van der Waals surface area contributed by atoms with Crippen LogP contribution in [0.25, 0.3) is 27.9 Å². The van der Waals surface area contributed by atoms with Gasteiger partial charge in [0.1, 0.15) is 0 Å². The van der Waals surface area contributed by atoms with Crippen molar-refractivity contribution in [3.63, 3.8) is 0 Å². The summed E-state index contributed by atoms with van der Waals surface area (Å²) in [6, 6.07) is 13.9. The average molecular weight is 476 g/mol. The summed E-state index contributed by atoms with van der Waals surface area (Å²) in [6.45, 7) is 15.1. The Morgan fingerprint density at radius 3 is 2.44 bits per heavy atom. The molecule has 0 saturated carbocycles. The molecule has 0 aliphatic carbocycles. The molecule has 0 amide bonds. The third-order valence-corrected chi connectivity index (χ3v) is 6.99. The lowest BCUT2D eigenvalue weighted by molar-refractivity contribution is 0.209. The zero-order valence-electron chi connectivity index (χ0n) is 20.0. The van der Waals surface area contributed by atoms with E-state index in [0.29, 0.717) is 17.3 Å². The van der Waals surface area contributed by atoms with Gasteiger partial charge in [0.05, 0.1) is 16.2 Å². The van der Waals surface area contributed by atoms with E-state index in [1.807, 2.05) is 30.3 Å². The number of nitrogens with zero attached hydrogens (tertiary/aromatic N) is 3. The van der Waals surface area contributed by atoms with Gasteiger partial charge in [-0.3, -0.25) is 0 Å². The highest BCUT2D eigenvalue weighted by atomic mass is 35.5. The van der Waals surface area contributed by atoms with Crippen molar-refractivity contribution in [1.29, 1.82) is 0 Å². The van der Waals surface area contributed by atoms with Gasteiger partial charge in [0.15, 0.2) is 0 Å². The molecule has 1 saturated heterocycles. The van der Waals surface area contributed by atoms with E-state index >= 15 is 0 Å². The first-order valence-corrected chi connectivity index (χ1v) is 12.3. The van der Waals surface area contributed by atoms with Crippen LogP contribution in [0.3, 0.4) is 0 Å². The smallest absolute Gasteiger partial charge is 0.0731 e. The first kappa shape index (κ1) is 24.1. The van der Waals surface area contributed by atoms with Crippen LogP contribution in [0.15, 0.2) is 61.3 Å². The van der Waals surface area contributed by atoms with E-state index < -0.39 is 0 Å². The second-order valence-corrected chi connectivity index (χ2v) is 9.34. The Hall–Kier alpha value is -3.02. The highest BCUT2D eigenvalue weighted by Gasteiger charge is 2.20. The molecule has 1 aromatic heterocycles. The van der Waals surface area contributed by atoms with E-state index in [-0.39, 0.29) is 0 Å². The number of pyridine rings is 1. The van der Waals surface area contributed by atoms with Crippen LogP contribution in [-0.2, 0) is 6.54 Å². The van der Waals surface area contributed by atoms with Gasteiger partial charge in [-0.1, -0.05) is 62.4 Å². The molecule has 0 radical (unpaired) electrons. The van der Waals surface area contributed by atoms with Crippen LogP contribution in [-0.4, -0.2) is 41.0 Å². The van der Waals surface area contributed by atoms with Crippen LogP contribution in [0.4, 0.5) is 5.69 Å². The summed E-state index contributed by atoms with van der Waals surface area (Å²) < 4.78 is 0. The largest absolute Gasteiger partial charge is 0.398 e. The molecule has 3 aromatic rings. The van der Waals surface area contributed by atoms with Crippen LogP contribution in [0, 0.1) is 0 Å². The number of hydrogen-bond donors (Lipinski definition) is 2. The molecule has 0 unspecified atom stereocenters. The molecule has 0 atom stereocenters. The van der Waals surface area contributed by atoms with Crippen molar-refractivity contribution in [2.45, 2.75) is 32.7 Å². The topological polar surface area (TPSA) is 71.4 Å². The minimum atomic E-state index is 0.407. The van der Waals surface area contributed by atoms with Crippen LogP contribution in [0.2, 0.25) is 5.02 Å². The summed E-state index contributed by atoms with van der Waals surface area (Å²) in [4.78, 5) is 9.67. The summed E-state index contributed by atoms with van der Waals surface area (Å²) in [5.41, 5.74) is 19.4. The number of halogens is 1. The van der Waals surface area contributed by atoms with Crippen molar-refractivity contribution in [2.75, 3.05) is 31.9 Å². The van der Waals surface area contributed by atoms with Crippen LogP contribution < -0.4 is 11.5 Å². The lowest BCUT2D eigenvalue weighted by Crippen LogP contribution is -2.44. The number of unbranched alkanes of at least 4 members (excludes halogenated alkanes) is 1. The number of anilines is 1. The van der Waals surface area contributed by atoms with Crippen molar-refractivity contribution in [3.8, 4) is 11.3 Å². The average Bonchev–Trinajstić information content (AvgIpc) is 2.86. The van der Waals surface area contributed by atoms with Gasteiger partial charge in [-0.05, 0) is 42.2 Å². The molecule has 4 N–H and O–H groups in total. The zero-order chi connectivity index (χ0) is 24.2. The number of aromatic nitrogens is 1. The fraction of sp³-hybridized carbons (Fsp3) is 0.321. The van der Waals surface area contributed by atoms with E-state index in [0.717, 1.165) is 71.6 Å². The molecular formula is C28H34ClN5. The van der Waals surface area contributed by atoms with Crippen LogP contribution >= 0.6 is 11.6 Å². The van der Waals surface area contributed by atoms with Gasteiger partial charge in [0.2, 0.25) is 0 Å². The van der Waals surface area contributed by atoms with E-state index in [1.165, 1.54) is 18.5 Å². The number of rotatable bonds is 8. The molecule has 178 valence electrons. The molecular weight excluding hydrogens is 442 g/mol. The summed E-state index contributed by atoms with van der Waals surface area (Å²) in [5, 5.41) is 1.59. The summed E-state index contributed by atoms with van der Waals surface area (Å²) in [7, 11) is 0. The maximum atomic E-state index is 6.63. The Morgan fingerprint density at radius 1 is 1.03 bits per heavy atom. The fourth-order valence-corrected chi connectivity index (χ4v) is 4.73. The normalized spacial score (nSPS) is 14.0. The number of piperazine rings is 1. The molecule has 5 nitrogen and oxygen atoms in total. The lowest BCUT2D eigenvalue weighted by atomic mass is 10.0. The second kappa shape index (κ2) is 10.5. The predicted molar refractivity (Wildman–Crippen MR) is 145 cm³/mol. The maximum absolute atomic E-state index is 6.63. The van der Waals surface area contributed by atoms with Gasteiger partial charge < -0.3 is 21.3 Å². The second-order valence-electron chi connectivity index (χ2n) is 8.93. The van der Waals surface area contributed by atoms with Gasteiger partial charge in [-0.2, -0.15) is 0 Å². The molecule has 34 heavy (non-hydrogen) atoms. The number of fused-ring (bicyclic) bond motifs is 1. The number of benzene rings is 2. The number of nitrogens with two attached hydrogens (primary N) is 2. The monoisotopic (exact) mass is 475 g/mol. The summed E-state index contributed by atoms with van der Waals surface area (Å²) >= 11 is 6.63. The van der Waals surface area contributed by atoms with Gasteiger partial charge in [-0.15, -0.1) is 0 Å². The van der Waals surface area contributed by atoms with Crippen molar-refractivity contribution < 1.29 is 0 Å². The van der Waals surface area contributed by atoms with E-state index in [1.54, 1.807) is 0 Å². The molecule has 0 spiro atoms. The molecule has 1 fully saturated rings. The Morgan fingerprint density at radius 2 is 1.76 bits per heavy atom. The summed E-state index contributed by atoms with van der Waals surface area (Å²) in [5.74, 6) is 0. The Kier molecular flexibility index (Phi) is 7.44. The number of hydrogen-bond acceptors (Lipinski definition) is 5. The molecule has 1 aliphatic heterocycles. The molecule has 1 aliphatic rings. The molecule has 2 heterocycles. The molecule has 0 bridgehead atoms. The van der Waals surface area contributed by atoms with E-state index in [9.17, 15) is 0 Å². The SMILES string of the molecule is C=C(CCCC)N1CCN(C(=C)c2ccc3c(Cl)cc(-c4ccc(CN)c(N)c4)nc3c2)CC1. The first-order valence-electron chi connectivity index (χ1n) is 12.0. The maximum Gasteiger partial charge on any atom is 0.0731 e. The minimum Gasteiger partial charge on any atom is -0.398 e. The molecule has 6 heteroatoms. The van der Waals surface area contributed by atoms with Crippen molar-refractivity contribution >= 4 is 33.9 Å². The molecule has 4 rings (SSSR count). The van der Waals surface area contributed by atoms with Crippen LogP contribution in [0.5, 0.6) is 0 Å². The van der Waals surface area contributed by atoms with Gasteiger partial charge in [0, 0.05) is 60.8 Å². The van der Waals surface area contributed by atoms with Crippen LogP contribution in [0.1, 0.15) is 37.3 Å². The third kappa shape index (κ3) is 5.06. The van der Waals surface area contributed by atoms with Gasteiger partial charge >= 0.3 is 0 Å². The Balaban J connectivity index is 1.54. The number of allylic oxidation sites excluding steroid dienone is 1. The third-order valence-electron chi connectivity index (χ3n) is 6.68. The standard InChI is InChI=1S/C28H34ClN5/c1-4-5-6-19(2)33-11-13-34(14-12-33)20(3)21-9-10-24-25(29)17-27(32-28(24)16-21)22-7-8-23(18-30)26(31)15-22/h7-10,15-17H,2-6,11-14,18,30-31H2,1H3. The minimum absolute atomic E-state index is 0.407. The van der Waals surface area contributed by atoms with Crippen molar-refractivity contribution in [2.24, 2.45) is 5.73 Å². The first-order chi connectivity index (χ1) is 16.4. The van der Waals surface area contributed by atoms with Gasteiger partial charge in [-0.25, -0.2) is 4.98 Å². The Bertz CT molecular complexity index is 1210.